The zero-order valence-electron chi connectivity index (χ0n) is 31.3. The van der Waals surface area contributed by atoms with Crippen LogP contribution in [0.1, 0.15) is 165 Å². The van der Waals surface area contributed by atoms with Gasteiger partial charge in [0.25, 0.3) is 0 Å². The maximum absolute atomic E-state index is 5.54. The van der Waals surface area contributed by atoms with E-state index in [1.807, 2.05) is 13.8 Å². The second kappa shape index (κ2) is 19.9. The SMILES string of the molecule is C[C](C)=[Zr]([Cl])[Cl].c1ccc2c(C(C3CCCCC3)C3CCCCC3)c[cH-]c2c1.c1ccc2c(C(C3CCCCC3)C3CCCCC3)c[cH-]c2c1. The zero-order valence-corrected chi connectivity index (χ0v) is 35.3. The van der Waals surface area contributed by atoms with Crippen LogP contribution in [0.5, 0.6) is 0 Å². The standard InChI is InChI=1S/2C22H29.C3H6.2ClH.Zr/c2*1-3-10-18(11-4-1)22(19-12-5-2-6-13-19)21-16-15-17-9-7-8-14-20(17)21;1-3-2;;;/h2*7-9,14-16,18-19,22H,1-6,10-13H2;1-2H3;2*1H;/q2*-1;;;;+2/p-2. The molecule has 0 aliphatic heterocycles. The van der Waals surface area contributed by atoms with E-state index in [0.717, 1.165) is 35.5 Å². The van der Waals surface area contributed by atoms with Crippen LogP contribution >= 0.6 is 17.0 Å². The number of rotatable bonds is 6. The van der Waals surface area contributed by atoms with Gasteiger partial charge >= 0.3 is 53.0 Å². The maximum atomic E-state index is 5.54. The third-order valence-corrected chi connectivity index (χ3v) is 19.5. The molecule has 8 rings (SSSR count). The van der Waals surface area contributed by atoms with E-state index in [0.29, 0.717) is 0 Å². The Kier molecular flexibility index (Phi) is 15.4. The molecule has 0 heterocycles. The van der Waals surface area contributed by atoms with E-state index in [1.54, 1.807) is 21.9 Å². The molecule has 4 aliphatic rings. The van der Waals surface area contributed by atoms with Gasteiger partial charge in [-0.05, 0) is 23.7 Å². The van der Waals surface area contributed by atoms with Gasteiger partial charge in [0.2, 0.25) is 0 Å². The number of hydrogen-bond donors (Lipinski definition) is 0. The van der Waals surface area contributed by atoms with E-state index < -0.39 is 18.9 Å². The molecule has 4 aliphatic carbocycles. The van der Waals surface area contributed by atoms with Crippen LogP contribution in [-0.4, -0.2) is 3.21 Å². The van der Waals surface area contributed by atoms with Gasteiger partial charge < -0.3 is 0 Å². The Labute approximate surface area is 320 Å². The Morgan fingerprint density at radius 2 is 0.780 bits per heavy atom. The molecule has 0 spiro atoms. The fourth-order valence-electron chi connectivity index (χ4n) is 10.7. The molecule has 0 atom stereocenters. The van der Waals surface area contributed by atoms with Gasteiger partial charge in [-0.2, -0.15) is 0 Å². The first-order valence-electron chi connectivity index (χ1n) is 20.8. The first-order valence-corrected chi connectivity index (χ1v) is 28.3. The predicted molar refractivity (Wildman–Crippen MR) is 219 cm³/mol. The molecule has 0 nitrogen and oxygen atoms in total. The molecular formula is C47H64Cl2Zr-2. The summed E-state index contributed by atoms with van der Waals surface area (Å²) in [6.45, 7) is 3.96. The van der Waals surface area contributed by atoms with E-state index in [-0.39, 0.29) is 0 Å². The quantitative estimate of drug-likeness (QED) is 0.171. The van der Waals surface area contributed by atoms with Crippen molar-refractivity contribution < 1.29 is 18.9 Å². The minimum absolute atomic E-state index is 0.834. The Morgan fingerprint density at radius 1 is 0.500 bits per heavy atom. The van der Waals surface area contributed by atoms with Gasteiger partial charge in [-0.15, -0.1) is 93.3 Å². The zero-order chi connectivity index (χ0) is 34.7. The third kappa shape index (κ3) is 10.1. The van der Waals surface area contributed by atoms with Gasteiger partial charge in [0.05, 0.1) is 0 Å². The molecule has 4 saturated carbocycles. The fraction of sp³-hybridized carbons (Fsp3) is 0.596. The molecule has 272 valence electrons. The van der Waals surface area contributed by atoms with Crippen LogP contribution in [0.3, 0.4) is 0 Å². The minimum atomic E-state index is -1.84. The molecule has 0 N–H and O–H groups in total. The predicted octanol–water partition coefficient (Wildman–Crippen LogP) is 15.7. The third-order valence-electron chi connectivity index (χ3n) is 13.2. The summed E-state index contributed by atoms with van der Waals surface area (Å²) in [5.41, 5.74) is 3.38. The van der Waals surface area contributed by atoms with Crippen molar-refractivity contribution in [1.29, 1.82) is 0 Å². The molecule has 4 fully saturated rings. The van der Waals surface area contributed by atoms with Crippen molar-refractivity contribution in [3.05, 3.63) is 83.9 Å². The molecule has 50 heavy (non-hydrogen) atoms. The molecule has 0 unspecified atom stereocenters. The Morgan fingerprint density at radius 3 is 1.06 bits per heavy atom. The normalized spacial score (nSPS) is 20.0. The van der Waals surface area contributed by atoms with Crippen LogP contribution in [-0.2, 0) is 18.9 Å². The van der Waals surface area contributed by atoms with Crippen LogP contribution < -0.4 is 0 Å². The van der Waals surface area contributed by atoms with Crippen LogP contribution in [0.25, 0.3) is 21.5 Å². The summed E-state index contributed by atoms with van der Waals surface area (Å²) in [5, 5.41) is 6.00. The van der Waals surface area contributed by atoms with Crippen LogP contribution in [0.2, 0.25) is 0 Å². The summed E-state index contributed by atoms with van der Waals surface area (Å²) >= 11 is -1.84. The molecular weight excluding hydrogens is 727 g/mol. The second-order valence-corrected chi connectivity index (χ2v) is 26.0. The van der Waals surface area contributed by atoms with Crippen molar-refractivity contribution in [2.24, 2.45) is 23.7 Å². The summed E-state index contributed by atoms with van der Waals surface area (Å²) in [4.78, 5) is 0. The number of fused-ring (bicyclic) bond motifs is 2. The van der Waals surface area contributed by atoms with Gasteiger partial charge in [0.15, 0.2) is 0 Å². The Hall–Kier alpha value is -1.01. The van der Waals surface area contributed by atoms with Crippen molar-refractivity contribution in [3.63, 3.8) is 0 Å². The van der Waals surface area contributed by atoms with Gasteiger partial charge in [-0.1, -0.05) is 152 Å². The Bertz CT molecular complexity index is 1440. The van der Waals surface area contributed by atoms with Crippen LogP contribution in [0.4, 0.5) is 0 Å². The molecule has 4 aromatic carbocycles. The maximum Gasteiger partial charge on any atom is -0.0430 e. The molecule has 3 heteroatoms. The van der Waals surface area contributed by atoms with Crippen LogP contribution in [0, 0.1) is 23.7 Å². The average Bonchev–Trinajstić information content (AvgIpc) is 3.79. The second-order valence-electron chi connectivity index (χ2n) is 16.7. The first kappa shape index (κ1) is 38.7. The van der Waals surface area contributed by atoms with E-state index in [2.05, 4.69) is 72.8 Å². The van der Waals surface area contributed by atoms with E-state index >= 15 is 0 Å². The Balaban J connectivity index is 0.000000149. The minimum Gasteiger partial charge on any atom is -0.150 e. The van der Waals surface area contributed by atoms with Crippen molar-refractivity contribution in [1.82, 2.24) is 0 Å². The first-order chi connectivity index (χ1) is 24.5. The number of hydrogen-bond acceptors (Lipinski definition) is 0. The topological polar surface area (TPSA) is 0 Å². The molecule has 0 amide bonds. The van der Waals surface area contributed by atoms with Gasteiger partial charge in [0, 0.05) is 0 Å². The smallest absolute Gasteiger partial charge is 0.0430 e. The summed E-state index contributed by atoms with van der Waals surface area (Å²) in [6.07, 6.45) is 29.4. The number of benzene rings is 2. The van der Waals surface area contributed by atoms with Gasteiger partial charge in [-0.25, -0.2) is 0 Å². The molecule has 4 aromatic rings. The summed E-state index contributed by atoms with van der Waals surface area (Å²) in [5.74, 6) is 5.46. The van der Waals surface area contributed by atoms with Crippen molar-refractivity contribution in [3.8, 4) is 0 Å². The van der Waals surface area contributed by atoms with Crippen molar-refractivity contribution >= 4 is 41.8 Å². The summed E-state index contributed by atoms with van der Waals surface area (Å²) < 4.78 is 1.24. The largest absolute Gasteiger partial charge is 0.150 e. The van der Waals surface area contributed by atoms with E-state index in [1.165, 1.54) is 142 Å². The van der Waals surface area contributed by atoms with Crippen molar-refractivity contribution in [2.45, 2.75) is 154 Å². The van der Waals surface area contributed by atoms with Crippen LogP contribution in [0.15, 0.2) is 72.8 Å². The van der Waals surface area contributed by atoms with Gasteiger partial charge in [-0.3, -0.25) is 0 Å². The monoisotopic (exact) mass is 788 g/mol. The molecule has 0 aromatic heterocycles. The van der Waals surface area contributed by atoms with Crippen molar-refractivity contribution in [2.75, 3.05) is 0 Å². The van der Waals surface area contributed by atoms with Gasteiger partial charge in [0.1, 0.15) is 0 Å². The molecule has 0 saturated heterocycles. The average molecular weight is 791 g/mol. The van der Waals surface area contributed by atoms with E-state index in [4.69, 9.17) is 17.0 Å². The summed E-state index contributed by atoms with van der Waals surface area (Å²) in [7, 11) is 11.1. The molecule has 0 bridgehead atoms. The summed E-state index contributed by atoms with van der Waals surface area (Å²) in [6, 6.07) is 27.8. The fourth-order valence-corrected chi connectivity index (χ4v) is 10.7. The number of halogens is 2. The molecule has 0 radical (unpaired) electrons. The van der Waals surface area contributed by atoms with E-state index in [9.17, 15) is 0 Å².